The number of H-pyrrole nitrogens is 1. The Morgan fingerprint density at radius 1 is 1.00 bits per heavy atom. The van der Waals surface area contributed by atoms with Crippen molar-refractivity contribution < 1.29 is 4.52 Å². The number of nitrogens with one attached hydrogen (secondary N) is 1. The number of aromatic amines is 1. The van der Waals surface area contributed by atoms with Gasteiger partial charge in [0.15, 0.2) is 0 Å². The van der Waals surface area contributed by atoms with Gasteiger partial charge in [0, 0.05) is 26.2 Å². The minimum absolute atomic E-state index is 0.661. The lowest BCUT2D eigenvalue weighted by Crippen LogP contribution is -2.45. The first-order valence-electron chi connectivity index (χ1n) is 9.19. The Kier molecular flexibility index (Phi) is 4.98. The molecular weight excluding hydrogens is 440 g/mol. The Labute approximate surface area is 174 Å². The lowest BCUT2D eigenvalue weighted by atomic mass is 10.3. The Morgan fingerprint density at radius 3 is 2.54 bits per heavy atom. The number of imidazole rings is 1. The number of piperazine rings is 1. The molecule has 0 spiro atoms. The topological polar surface area (TPSA) is 74.1 Å². The summed E-state index contributed by atoms with van der Waals surface area (Å²) in [5.74, 6) is 2.36. The van der Waals surface area contributed by atoms with Crippen LogP contribution in [-0.4, -0.2) is 56.1 Å². The van der Waals surface area contributed by atoms with Gasteiger partial charge in [-0.3, -0.25) is 9.80 Å². The van der Waals surface area contributed by atoms with Crippen LogP contribution in [0.25, 0.3) is 21.7 Å². The highest BCUT2D eigenvalue weighted by atomic mass is 79.9. The number of halogens is 1. The van der Waals surface area contributed by atoms with E-state index >= 15 is 0 Å². The molecular formula is C19H19BrN6OS. The predicted octanol–water partition coefficient (Wildman–Crippen LogP) is 3.75. The molecule has 1 fully saturated rings. The molecule has 0 bridgehead atoms. The number of hydrogen-bond donors (Lipinski definition) is 1. The van der Waals surface area contributed by atoms with Crippen molar-refractivity contribution in [1.29, 1.82) is 0 Å². The number of aromatic nitrogens is 4. The van der Waals surface area contributed by atoms with E-state index in [1.807, 2.05) is 30.3 Å². The van der Waals surface area contributed by atoms with E-state index in [1.165, 1.54) is 0 Å². The molecule has 7 nitrogen and oxygen atoms in total. The molecule has 0 radical (unpaired) electrons. The predicted molar refractivity (Wildman–Crippen MR) is 112 cm³/mol. The van der Waals surface area contributed by atoms with Gasteiger partial charge < -0.3 is 9.51 Å². The third kappa shape index (κ3) is 3.88. The molecule has 0 unspecified atom stereocenters. The molecule has 1 aromatic carbocycles. The molecule has 0 amide bonds. The summed E-state index contributed by atoms with van der Waals surface area (Å²) < 4.78 is 6.51. The largest absolute Gasteiger partial charge is 0.341 e. The lowest BCUT2D eigenvalue weighted by Gasteiger charge is -2.33. The van der Waals surface area contributed by atoms with E-state index < -0.39 is 0 Å². The summed E-state index contributed by atoms with van der Waals surface area (Å²) in [6.07, 6.45) is 0. The Hall–Kier alpha value is -2.07. The van der Waals surface area contributed by atoms with Crippen LogP contribution in [0.15, 0.2) is 44.7 Å². The van der Waals surface area contributed by atoms with Crippen LogP contribution in [-0.2, 0) is 13.1 Å². The zero-order valence-electron chi connectivity index (χ0n) is 15.1. The molecule has 3 aromatic heterocycles. The van der Waals surface area contributed by atoms with Gasteiger partial charge in [-0.1, -0.05) is 17.3 Å². The van der Waals surface area contributed by atoms with Crippen molar-refractivity contribution in [1.82, 2.24) is 29.9 Å². The third-order valence-corrected chi connectivity index (χ3v) is 6.52. The van der Waals surface area contributed by atoms with Crippen LogP contribution in [0, 0.1) is 0 Å². The SMILES string of the molecule is Brc1ccc(-c2noc(CN3CCN(Cc4nc5ccccc5[nH]4)CC3)n2)s1. The van der Waals surface area contributed by atoms with Gasteiger partial charge in [0.05, 0.1) is 32.8 Å². The van der Waals surface area contributed by atoms with Gasteiger partial charge in [-0.15, -0.1) is 11.3 Å². The number of hydrogen-bond acceptors (Lipinski definition) is 7. The first-order chi connectivity index (χ1) is 13.7. The van der Waals surface area contributed by atoms with Gasteiger partial charge in [-0.2, -0.15) is 4.98 Å². The van der Waals surface area contributed by atoms with E-state index in [9.17, 15) is 0 Å². The Balaban J connectivity index is 1.15. The van der Waals surface area contributed by atoms with Gasteiger partial charge in [0.1, 0.15) is 5.82 Å². The molecule has 28 heavy (non-hydrogen) atoms. The van der Waals surface area contributed by atoms with E-state index in [1.54, 1.807) is 11.3 Å². The van der Waals surface area contributed by atoms with Crippen molar-refractivity contribution in [2.45, 2.75) is 13.1 Å². The van der Waals surface area contributed by atoms with Crippen LogP contribution in [0.4, 0.5) is 0 Å². The van der Waals surface area contributed by atoms with Crippen molar-refractivity contribution in [2.24, 2.45) is 0 Å². The average Bonchev–Trinajstić information content (AvgIpc) is 3.42. The van der Waals surface area contributed by atoms with E-state index in [4.69, 9.17) is 4.52 Å². The molecule has 0 atom stereocenters. The van der Waals surface area contributed by atoms with Crippen LogP contribution in [0.3, 0.4) is 0 Å². The maximum absolute atomic E-state index is 5.45. The van der Waals surface area contributed by atoms with Crippen molar-refractivity contribution in [3.63, 3.8) is 0 Å². The van der Waals surface area contributed by atoms with E-state index in [2.05, 4.69) is 51.9 Å². The number of nitrogens with zero attached hydrogens (tertiary/aromatic N) is 5. The quantitative estimate of drug-likeness (QED) is 0.490. The van der Waals surface area contributed by atoms with Crippen molar-refractivity contribution in [3.05, 3.63) is 51.9 Å². The van der Waals surface area contributed by atoms with Gasteiger partial charge in [0.25, 0.3) is 0 Å². The average molecular weight is 459 g/mol. The number of rotatable bonds is 5. The summed E-state index contributed by atoms with van der Waals surface area (Å²) in [6, 6.07) is 12.2. The Bertz CT molecular complexity index is 1050. The summed E-state index contributed by atoms with van der Waals surface area (Å²) in [5, 5.41) is 4.11. The van der Waals surface area contributed by atoms with Crippen LogP contribution in [0.2, 0.25) is 0 Å². The maximum Gasteiger partial charge on any atom is 0.241 e. The summed E-state index contributed by atoms with van der Waals surface area (Å²) in [7, 11) is 0. The minimum atomic E-state index is 0.661. The molecule has 1 aliphatic heterocycles. The second-order valence-corrected chi connectivity index (χ2v) is 9.33. The zero-order chi connectivity index (χ0) is 18.9. The van der Waals surface area contributed by atoms with Gasteiger partial charge in [-0.05, 0) is 40.2 Å². The Morgan fingerprint density at radius 2 is 1.79 bits per heavy atom. The molecule has 9 heteroatoms. The molecule has 1 aliphatic rings. The number of thiophene rings is 1. The van der Waals surface area contributed by atoms with Crippen molar-refractivity contribution in [3.8, 4) is 10.7 Å². The maximum atomic E-state index is 5.45. The highest BCUT2D eigenvalue weighted by Gasteiger charge is 2.20. The summed E-state index contributed by atoms with van der Waals surface area (Å²) in [6.45, 7) is 5.48. The third-order valence-electron chi connectivity index (χ3n) is 4.90. The van der Waals surface area contributed by atoms with Crippen molar-refractivity contribution >= 4 is 38.3 Å². The van der Waals surface area contributed by atoms with Gasteiger partial charge in [-0.25, -0.2) is 4.98 Å². The van der Waals surface area contributed by atoms with E-state index in [-0.39, 0.29) is 0 Å². The molecule has 0 aliphatic carbocycles. The molecule has 4 aromatic rings. The highest BCUT2D eigenvalue weighted by molar-refractivity contribution is 9.11. The number of fused-ring (bicyclic) bond motifs is 1. The fraction of sp³-hybridized carbons (Fsp3) is 0.316. The summed E-state index contributed by atoms with van der Waals surface area (Å²) >= 11 is 5.07. The molecule has 4 heterocycles. The number of benzene rings is 1. The van der Waals surface area contributed by atoms with Crippen LogP contribution < -0.4 is 0 Å². The first-order valence-corrected chi connectivity index (χ1v) is 10.8. The fourth-order valence-electron chi connectivity index (χ4n) is 3.44. The minimum Gasteiger partial charge on any atom is -0.341 e. The van der Waals surface area contributed by atoms with Gasteiger partial charge >= 0.3 is 0 Å². The van der Waals surface area contributed by atoms with Crippen LogP contribution in [0.1, 0.15) is 11.7 Å². The highest BCUT2D eigenvalue weighted by Crippen LogP contribution is 2.29. The molecule has 0 saturated carbocycles. The smallest absolute Gasteiger partial charge is 0.241 e. The fourth-order valence-corrected chi connectivity index (χ4v) is 4.75. The second kappa shape index (κ2) is 7.75. The van der Waals surface area contributed by atoms with E-state index in [0.717, 1.165) is 58.2 Å². The molecule has 1 saturated heterocycles. The summed E-state index contributed by atoms with van der Waals surface area (Å²) in [5.41, 5.74) is 2.13. The van der Waals surface area contributed by atoms with Crippen LogP contribution >= 0.6 is 27.3 Å². The summed E-state index contributed by atoms with van der Waals surface area (Å²) in [4.78, 5) is 18.4. The van der Waals surface area contributed by atoms with Gasteiger partial charge in [0.2, 0.25) is 11.7 Å². The molecule has 1 N–H and O–H groups in total. The molecule has 144 valence electrons. The number of para-hydroxylation sites is 2. The first kappa shape index (κ1) is 18.0. The van der Waals surface area contributed by atoms with E-state index in [0.29, 0.717) is 18.3 Å². The van der Waals surface area contributed by atoms with Crippen molar-refractivity contribution in [2.75, 3.05) is 26.2 Å². The second-order valence-electron chi connectivity index (χ2n) is 6.87. The zero-order valence-corrected chi connectivity index (χ0v) is 17.5. The molecule has 5 rings (SSSR count). The normalized spacial score (nSPS) is 16.2. The monoisotopic (exact) mass is 458 g/mol. The standard InChI is InChI=1S/C19H19BrN6OS/c20-16-6-5-15(28-16)19-23-18(27-24-19)12-26-9-7-25(8-10-26)11-17-21-13-3-1-2-4-14(13)22-17/h1-6H,7-12H2,(H,21,22). The van der Waals surface area contributed by atoms with Crippen LogP contribution in [0.5, 0.6) is 0 Å². The lowest BCUT2D eigenvalue weighted by molar-refractivity contribution is 0.110.